The van der Waals surface area contributed by atoms with Gasteiger partial charge in [0.2, 0.25) is 5.91 Å². The molecule has 3 rings (SSSR count). The third-order valence-corrected chi connectivity index (χ3v) is 4.41. The highest BCUT2D eigenvalue weighted by atomic mass is 35.5. The summed E-state index contributed by atoms with van der Waals surface area (Å²) in [5.41, 5.74) is 2.04. The van der Waals surface area contributed by atoms with Crippen molar-refractivity contribution in [2.75, 3.05) is 11.4 Å². The molecule has 1 aliphatic heterocycles. The lowest BCUT2D eigenvalue weighted by molar-refractivity contribution is -0.121. The van der Waals surface area contributed by atoms with Crippen molar-refractivity contribution < 1.29 is 9.59 Å². The number of piperidine rings is 1. The van der Waals surface area contributed by atoms with E-state index in [9.17, 15) is 9.59 Å². The molecule has 1 atom stereocenters. The molecule has 1 aliphatic rings. The highest BCUT2D eigenvalue weighted by Gasteiger charge is 2.32. The van der Waals surface area contributed by atoms with Crippen molar-refractivity contribution >= 4 is 29.1 Å². The SMILES string of the molecule is Cc1[nH]ccc1C(=O)N[C@H]1CCCN(c2ccccc2Cl)C1=O. The van der Waals surface area contributed by atoms with Crippen LogP contribution in [0.25, 0.3) is 0 Å². The third-order valence-electron chi connectivity index (χ3n) is 4.09. The summed E-state index contributed by atoms with van der Waals surface area (Å²) in [7, 11) is 0. The quantitative estimate of drug-likeness (QED) is 0.908. The summed E-state index contributed by atoms with van der Waals surface area (Å²) >= 11 is 6.19. The van der Waals surface area contributed by atoms with Crippen molar-refractivity contribution in [1.29, 1.82) is 0 Å². The van der Waals surface area contributed by atoms with Crippen LogP contribution in [0.3, 0.4) is 0 Å². The first-order chi connectivity index (χ1) is 11.1. The number of aromatic amines is 1. The van der Waals surface area contributed by atoms with Gasteiger partial charge in [0, 0.05) is 18.4 Å². The Labute approximate surface area is 139 Å². The van der Waals surface area contributed by atoms with E-state index >= 15 is 0 Å². The molecular formula is C17H18ClN3O2. The number of nitrogens with zero attached hydrogens (tertiary/aromatic N) is 1. The number of para-hydroxylation sites is 1. The van der Waals surface area contributed by atoms with E-state index in [2.05, 4.69) is 10.3 Å². The lowest BCUT2D eigenvalue weighted by Crippen LogP contribution is -2.52. The van der Waals surface area contributed by atoms with E-state index in [1.807, 2.05) is 25.1 Å². The Bertz CT molecular complexity index is 741. The van der Waals surface area contributed by atoms with Crippen molar-refractivity contribution in [3.05, 3.63) is 52.8 Å². The van der Waals surface area contributed by atoms with Crippen LogP contribution in [-0.4, -0.2) is 29.4 Å². The topological polar surface area (TPSA) is 65.2 Å². The third kappa shape index (κ3) is 3.10. The summed E-state index contributed by atoms with van der Waals surface area (Å²) in [6.07, 6.45) is 3.16. The Morgan fingerprint density at radius 3 is 2.83 bits per heavy atom. The van der Waals surface area contributed by atoms with Gasteiger partial charge in [0.1, 0.15) is 6.04 Å². The lowest BCUT2D eigenvalue weighted by Gasteiger charge is -2.33. The summed E-state index contributed by atoms with van der Waals surface area (Å²) in [6, 6.07) is 8.44. The van der Waals surface area contributed by atoms with Gasteiger partial charge < -0.3 is 15.2 Å². The maximum absolute atomic E-state index is 12.7. The summed E-state index contributed by atoms with van der Waals surface area (Å²) in [5, 5.41) is 3.37. The van der Waals surface area contributed by atoms with Crippen LogP contribution in [0.1, 0.15) is 28.9 Å². The average molecular weight is 332 g/mol. The van der Waals surface area contributed by atoms with Crippen molar-refractivity contribution in [3.63, 3.8) is 0 Å². The zero-order chi connectivity index (χ0) is 16.4. The van der Waals surface area contributed by atoms with Gasteiger partial charge in [-0.05, 0) is 38.0 Å². The van der Waals surface area contributed by atoms with Crippen LogP contribution in [0.15, 0.2) is 36.5 Å². The second-order valence-corrected chi connectivity index (χ2v) is 6.03. The largest absolute Gasteiger partial charge is 0.365 e. The van der Waals surface area contributed by atoms with E-state index in [4.69, 9.17) is 11.6 Å². The second-order valence-electron chi connectivity index (χ2n) is 5.63. The van der Waals surface area contributed by atoms with E-state index < -0.39 is 6.04 Å². The molecule has 0 aliphatic carbocycles. The molecule has 2 aromatic rings. The average Bonchev–Trinajstić information content (AvgIpc) is 2.96. The van der Waals surface area contributed by atoms with Crippen LogP contribution in [-0.2, 0) is 4.79 Å². The number of benzene rings is 1. The Morgan fingerprint density at radius 1 is 1.35 bits per heavy atom. The number of aryl methyl sites for hydroxylation is 1. The molecule has 0 saturated carbocycles. The highest BCUT2D eigenvalue weighted by Crippen LogP contribution is 2.28. The molecule has 2 heterocycles. The molecule has 1 saturated heterocycles. The fraction of sp³-hybridized carbons (Fsp3) is 0.294. The molecule has 120 valence electrons. The zero-order valence-corrected chi connectivity index (χ0v) is 13.6. The van der Waals surface area contributed by atoms with Crippen molar-refractivity contribution in [2.45, 2.75) is 25.8 Å². The number of rotatable bonds is 3. The Balaban J connectivity index is 1.77. The molecule has 0 radical (unpaired) electrons. The molecular weight excluding hydrogens is 314 g/mol. The molecule has 1 aromatic heterocycles. The first kappa shape index (κ1) is 15.6. The monoisotopic (exact) mass is 331 g/mol. The lowest BCUT2D eigenvalue weighted by atomic mass is 10.0. The first-order valence-corrected chi connectivity index (χ1v) is 7.96. The van der Waals surface area contributed by atoms with E-state index in [0.29, 0.717) is 29.2 Å². The molecule has 0 spiro atoms. The normalized spacial score (nSPS) is 18.1. The number of amides is 2. The predicted molar refractivity (Wildman–Crippen MR) is 89.8 cm³/mol. The Hall–Kier alpha value is -2.27. The maximum Gasteiger partial charge on any atom is 0.253 e. The van der Waals surface area contributed by atoms with Gasteiger partial charge in [0.05, 0.1) is 16.3 Å². The van der Waals surface area contributed by atoms with Gasteiger partial charge in [0.15, 0.2) is 0 Å². The van der Waals surface area contributed by atoms with Gasteiger partial charge in [-0.2, -0.15) is 0 Å². The summed E-state index contributed by atoms with van der Waals surface area (Å²) < 4.78 is 0. The fourth-order valence-electron chi connectivity index (χ4n) is 2.85. The summed E-state index contributed by atoms with van der Waals surface area (Å²) in [6.45, 7) is 2.44. The molecule has 6 heteroatoms. The van der Waals surface area contributed by atoms with Gasteiger partial charge in [-0.15, -0.1) is 0 Å². The number of nitrogens with one attached hydrogen (secondary N) is 2. The van der Waals surface area contributed by atoms with Crippen molar-refractivity contribution in [1.82, 2.24) is 10.3 Å². The first-order valence-electron chi connectivity index (χ1n) is 7.58. The number of aromatic nitrogens is 1. The van der Waals surface area contributed by atoms with Gasteiger partial charge in [-0.3, -0.25) is 9.59 Å². The van der Waals surface area contributed by atoms with Crippen LogP contribution in [0.5, 0.6) is 0 Å². The number of hydrogen-bond donors (Lipinski definition) is 2. The van der Waals surface area contributed by atoms with E-state index in [-0.39, 0.29) is 11.8 Å². The molecule has 0 unspecified atom stereocenters. The van der Waals surface area contributed by atoms with Crippen LogP contribution < -0.4 is 10.2 Å². The summed E-state index contributed by atoms with van der Waals surface area (Å²) in [5.74, 6) is -0.353. The number of carbonyl (C=O) groups is 2. The van der Waals surface area contributed by atoms with Crippen LogP contribution in [0, 0.1) is 6.92 Å². The van der Waals surface area contributed by atoms with Gasteiger partial charge in [-0.1, -0.05) is 23.7 Å². The van der Waals surface area contributed by atoms with Crippen LogP contribution in [0.4, 0.5) is 5.69 Å². The number of halogens is 1. The van der Waals surface area contributed by atoms with E-state index in [1.54, 1.807) is 23.2 Å². The molecule has 1 aromatic carbocycles. The molecule has 23 heavy (non-hydrogen) atoms. The minimum atomic E-state index is -0.526. The number of carbonyl (C=O) groups excluding carboxylic acids is 2. The Kier molecular flexibility index (Phi) is 4.39. The van der Waals surface area contributed by atoms with Crippen molar-refractivity contribution in [2.24, 2.45) is 0 Å². The Morgan fingerprint density at radius 2 is 2.13 bits per heavy atom. The summed E-state index contributed by atoms with van der Waals surface area (Å²) in [4.78, 5) is 29.7. The zero-order valence-electron chi connectivity index (χ0n) is 12.8. The maximum atomic E-state index is 12.7. The number of H-pyrrole nitrogens is 1. The van der Waals surface area contributed by atoms with E-state index in [1.165, 1.54) is 0 Å². The molecule has 5 nitrogen and oxygen atoms in total. The van der Waals surface area contributed by atoms with Crippen molar-refractivity contribution in [3.8, 4) is 0 Å². The smallest absolute Gasteiger partial charge is 0.253 e. The second kappa shape index (κ2) is 6.46. The molecule has 2 N–H and O–H groups in total. The number of hydrogen-bond acceptors (Lipinski definition) is 2. The minimum Gasteiger partial charge on any atom is -0.365 e. The predicted octanol–water partition coefficient (Wildman–Crippen LogP) is 2.90. The highest BCUT2D eigenvalue weighted by molar-refractivity contribution is 6.33. The standard InChI is InChI=1S/C17H18ClN3O2/c1-11-12(8-9-19-11)16(22)20-14-6-4-10-21(17(14)23)15-7-3-2-5-13(15)18/h2-3,5,7-9,14,19H,4,6,10H2,1H3,(H,20,22)/t14-/m0/s1. The molecule has 2 amide bonds. The van der Waals surface area contributed by atoms with E-state index in [0.717, 1.165) is 12.1 Å². The number of anilines is 1. The molecule has 1 fully saturated rings. The fourth-order valence-corrected chi connectivity index (χ4v) is 3.09. The minimum absolute atomic E-state index is 0.120. The van der Waals surface area contributed by atoms with Gasteiger partial charge >= 0.3 is 0 Å². The van der Waals surface area contributed by atoms with Crippen LogP contribution >= 0.6 is 11.6 Å². The van der Waals surface area contributed by atoms with Crippen LogP contribution in [0.2, 0.25) is 5.02 Å². The van der Waals surface area contributed by atoms with Gasteiger partial charge in [0.25, 0.3) is 5.91 Å². The molecule has 0 bridgehead atoms. The van der Waals surface area contributed by atoms with Gasteiger partial charge in [-0.25, -0.2) is 0 Å².